The van der Waals surface area contributed by atoms with E-state index in [2.05, 4.69) is 4.72 Å². The molecule has 20 heavy (non-hydrogen) atoms. The molecule has 0 unspecified atom stereocenters. The van der Waals surface area contributed by atoms with Crippen molar-refractivity contribution >= 4 is 10.0 Å². The number of nitrogens with one attached hydrogen (secondary N) is 1. The molecule has 1 aromatic carbocycles. The number of hydrogen-bond donors (Lipinski definition) is 1. The summed E-state index contributed by atoms with van der Waals surface area (Å²) in [5.41, 5.74) is 0.836. The first kappa shape index (κ1) is 13.9. The number of benzene rings is 1. The van der Waals surface area contributed by atoms with Gasteiger partial charge in [0, 0.05) is 6.04 Å². The van der Waals surface area contributed by atoms with Crippen LogP contribution in [0, 0.1) is 18.8 Å². The normalized spacial score (nSPS) is 28.8. The van der Waals surface area contributed by atoms with Crippen LogP contribution in [-0.4, -0.2) is 21.6 Å². The highest BCUT2D eigenvalue weighted by atomic mass is 32.2. The van der Waals surface area contributed by atoms with Crippen molar-refractivity contribution in [1.82, 2.24) is 4.72 Å². The zero-order valence-corrected chi connectivity index (χ0v) is 12.7. The van der Waals surface area contributed by atoms with Gasteiger partial charge in [-0.2, -0.15) is 0 Å². The summed E-state index contributed by atoms with van der Waals surface area (Å²) in [6.07, 6.45) is 4.62. The van der Waals surface area contributed by atoms with Crippen molar-refractivity contribution in [1.29, 1.82) is 0 Å². The van der Waals surface area contributed by atoms with Gasteiger partial charge in [-0.05, 0) is 61.8 Å². The number of hydrogen-bond acceptors (Lipinski definition) is 3. The average molecular weight is 295 g/mol. The fourth-order valence-corrected chi connectivity index (χ4v) is 5.08. The van der Waals surface area contributed by atoms with E-state index >= 15 is 0 Å². The van der Waals surface area contributed by atoms with Crippen LogP contribution in [0.25, 0.3) is 0 Å². The highest BCUT2D eigenvalue weighted by Crippen LogP contribution is 2.44. The summed E-state index contributed by atoms with van der Waals surface area (Å²) in [6.45, 7) is 1.86. The van der Waals surface area contributed by atoms with Crippen LogP contribution >= 0.6 is 0 Å². The maximum absolute atomic E-state index is 12.5. The first-order valence-corrected chi connectivity index (χ1v) is 8.65. The van der Waals surface area contributed by atoms with Gasteiger partial charge in [-0.3, -0.25) is 0 Å². The monoisotopic (exact) mass is 295 g/mol. The van der Waals surface area contributed by atoms with Crippen LogP contribution in [0.1, 0.15) is 31.2 Å². The second-order valence-corrected chi connectivity index (χ2v) is 7.75. The molecular formula is C15H21NO3S. The molecule has 0 aromatic heterocycles. The number of sulfonamides is 1. The Bertz CT molecular complexity index is 612. The minimum absolute atomic E-state index is 0.126. The number of rotatable bonds is 4. The van der Waals surface area contributed by atoms with Gasteiger partial charge in [0.1, 0.15) is 5.75 Å². The SMILES string of the molecule is COc1ccc(S(=O)(=O)N[C@@H]2C[C@@H]3CC[C@H]2C3)cc1C. The van der Waals surface area contributed by atoms with Crippen molar-refractivity contribution in [3.8, 4) is 5.75 Å². The van der Waals surface area contributed by atoms with Crippen molar-refractivity contribution in [2.24, 2.45) is 11.8 Å². The van der Waals surface area contributed by atoms with Crippen LogP contribution in [0.3, 0.4) is 0 Å². The topological polar surface area (TPSA) is 55.4 Å². The Morgan fingerprint density at radius 1 is 1.25 bits per heavy atom. The van der Waals surface area contributed by atoms with E-state index in [1.165, 1.54) is 19.3 Å². The average Bonchev–Trinajstić information content (AvgIpc) is 3.00. The van der Waals surface area contributed by atoms with Gasteiger partial charge in [0.05, 0.1) is 12.0 Å². The molecule has 2 aliphatic carbocycles. The molecule has 4 nitrogen and oxygen atoms in total. The quantitative estimate of drug-likeness (QED) is 0.928. The van der Waals surface area contributed by atoms with Crippen LogP contribution < -0.4 is 9.46 Å². The van der Waals surface area contributed by atoms with Crippen LogP contribution in [0.4, 0.5) is 0 Å². The predicted molar refractivity (Wildman–Crippen MR) is 77.3 cm³/mol. The lowest BCUT2D eigenvalue weighted by molar-refractivity contribution is 0.390. The van der Waals surface area contributed by atoms with E-state index in [4.69, 9.17) is 4.74 Å². The number of aryl methyl sites for hydroxylation is 1. The Balaban J connectivity index is 1.79. The Morgan fingerprint density at radius 3 is 2.60 bits per heavy atom. The predicted octanol–water partition coefficient (Wildman–Crippen LogP) is 2.47. The number of ether oxygens (including phenoxy) is 1. The maximum atomic E-state index is 12.5. The van der Waals surface area contributed by atoms with Gasteiger partial charge in [0.2, 0.25) is 10.0 Å². The molecule has 2 fully saturated rings. The van der Waals surface area contributed by atoms with E-state index in [9.17, 15) is 8.42 Å². The highest BCUT2D eigenvalue weighted by molar-refractivity contribution is 7.89. The molecule has 5 heteroatoms. The second-order valence-electron chi connectivity index (χ2n) is 6.03. The summed E-state index contributed by atoms with van der Waals surface area (Å²) in [6, 6.07) is 5.13. The first-order chi connectivity index (χ1) is 9.49. The molecule has 0 amide bonds. The summed E-state index contributed by atoms with van der Waals surface area (Å²) in [7, 11) is -1.83. The Kier molecular flexibility index (Phi) is 3.50. The molecule has 0 radical (unpaired) electrons. The van der Waals surface area contributed by atoms with Crippen LogP contribution in [-0.2, 0) is 10.0 Å². The standard InChI is InChI=1S/C15H21NO3S/c1-10-7-13(5-6-15(10)19-2)20(17,18)16-14-9-11-3-4-12(14)8-11/h5-7,11-12,14,16H,3-4,8-9H2,1-2H3/t11-,12+,14-/m1/s1. The van der Waals surface area contributed by atoms with E-state index < -0.39 is 10.0 Å². The van der Waals surface area contributed by atoms with Crippen molar-refractivity contribution in [3.05, 3.63) is 23.8 Å². The van der Waals surface area contributed by atoms with Gasteiger partial charge in [-0.25, -0.2) is 13.1 Å². The van der Waals surface area contributed by atoms with Gasteiger partial charge in [-0.1, -0.05) is 6.42 Å². The third kappa shape index (κ3) is 2.44. The molecule has 2 aliphatic rings. The van der Waals surface area contributed by atoms with Gasteiger partial charge in [-0.15, -0.1) is 0 Å². The highest BCUT2D eigenvalue weighted by Gasteiger charge is 2.41. The van der Waals surface area contributed by atoms with E-state index in [1.54, 1.807) is 25.3 Å². The molecule has 3 atom stereocenters. The number of fused-ring (bicyclic) bond motifs is 2. The minimum atomic E-state index is -3.42. The van der Waals surface area contributed by atoms with Gasteiger partial charge < -0.3 is 4.74 Å². The van der Waals surface area contributed by atoms with Gasteiger partial charge >= 0.3 is 0 Å². The zero-order chi connectivity index (χ0) is 14.3. The Hall–Kier alpha value is -1.07. The van der Waals surface area contributed by atoms with E-state index in [0.717, 1.165) is 17.9 Å². The largest absolute Gasteiger partial charge is 0.496 e. The lowest BCUT2D eigenvalue weighted by Gasteiger charge is -2.22. The summed E-state index contributed by atoms with van der Waals surface area (Å²) < 4.78 is 33.0. The lowest BCUT2D eigenvalue weighted by Crippen LogP contribution is -2.38. The molecular weight excluding hydrogens is 274 g/mol. The lowest BCUT2D eigenvalue weighted by atomic mass is 9.96. The Labute approximate surface area is 120 Å². The summed E-state index contributed by atoms with van der Waals surface area (Å²) >= 11 is 0. The van der Waals surface area contributed by atoms with E-state index in [-0.39, 0.29) is 6.04 Å². The van der Waals surface area contributed by atoms with Crippen LogP contribution in [0.2, 0.25) is 0 Å². The summed E-state index contributed by atoms with van der Waals surface area (Å²) in [5, 5.41) is 0. The molecule has 1 N–H and O–H groups in total. The van der Waals surface area contributed by atoms with Crippen molar-refractivity contribution in [2.75, 3.05) is 7.11 Å². The zero-order valence-electron chi connectivity index (χ0n) is 11.9. The van der Waals surface area contributed by atoms with Gasteiger partial charge in [0.25, 0.3) is 0 Å². The van der Waals surface area contributed by atoms with E-state index in [0.29, 0.717) is 16.6 Å². The molecule has 110 valence electrons. The summed E-state index contributed by atoms with van der Waals surface area (Å²) in [5.74, 6) is 1.98. The van der Waals surface area contributed by atoms with Gasteiger partial charge in [0.15, 0.2) is 0 Å². The fourth-order valence-electron chi connectivity index (χ4n) is 3.67. The van der Waals surface area contributed by atoms with E-state index in [1.807, 2.05) is 6.92 Å². The molecule has 0 saturated heterocycles. The molecule has 0 spiro atoms. The molecule has 0 aliphatic heterocycles. The summed E-state index contributed by atoms with van der Waals surface area (Å²) in [4.78, 5) is 0.332. The van der Waals surface area contributed by atoms with Crippen LogP contribution in [0.5, 0.6) is 5.75 Å². The van der Waals surface area contributed by atoms with Crippen LogP contribution in [0.15, 0.2) is 23.1 Å². The van der Waals surface area contributed by atoms with Crippen molar-refractivity contribution in [3.63, 3.8) is 0 Å². The Morgan fingerprint density at radius 2 is 2.05 bits per heavy atom. The third-order valence-electron chi connectivity index (χ3n) is 4.72. The maximum Gasteiger partial charge on any atom is 0.240 e. The van der Waals surface area contributed by atoms with Crippen molar-refractivity contribution < 1.29 is 13.2 Å². The number of methoxy groups -OCH3 is 1. The minimum Gasteiger partial charge on any atom is -0.496 e. The molecule has 2 bridgehead atoms. The molecule has 2 saturated carbocycles. The molecule has 0 heterocycles. The molecule has 3 rings (SSSR count). The van der Waals surface area contributed by atoms with Crippen molar-refractivity contribution in [2.45, 2.75) is 43.5 Å². The fraction of sp³-hybridized carbons (Fsp3) is 0.600. The molecule has 1 aromatic rings. The first-order valence-electron chi connectivity index (χ1n) is 7.16. The smallest absolute Gasteiger partial charge is 0.240 e. The second kappa shape index (κ2) is 5.04. The third-order valence-corrected chi connectivity index (χ3v) is 6.21.